The van der Waals surface area contributed by atoms with Crippen molar-refractivity contribution in [2.45, 2.75) is 31.7 Å². The van der Waals surface area contributed by atoms with Crippen LogP contribution in [-0.4, -0.2) is 44.6 Å². The van der Waals surface area contributed by atoms with Gasteiger partial charge in [-0.05, 0) is 39.0 Å². The second-order valence-electron chi connectivity index (χ2n) is 8.05. The van der Waals surface area contributed by atoms with Crippen LogP contribution in [0.3, 0.4) is 0 Å². The highest BCUT2D eigenvalue weighted by molar-refractivity contribution is 7.90. The minimum Gasteiger partial charge on any atom is -0.465 e. The Labute approximate surface area is 201 Å². The average molecular weight is 492 g/mol. The van der Waals surface area contributed by atoms with Crippen LogP contribution >= 0.6 is 0 Å². The second-order valence-corrected chi connectivity index (χ2v) is 9.86. The molecule has 0 saturated heterocycles. The molecule has 11 nitrogen and oxygen atoms in total. The van der Waals surface area contributed by atoms with E-state index in [1.807, 2.05) is 26.8 Å². The molecule has 4 rings (SSSR count). The second kappa shape index (κ2) is 9.03. The highest BCUT2D eigenvalue weighted by Gasteiger charge is 2.25. The van der Waals surface area contributed by atoms with Crippen molar-refractivity contribution in [1.82, 2.24) is 18.9 Å². The number of hydrogen-bond donors (Lipinski definition) is 3. The van der Waals surface area contributed by atoms with E-state index in [-0.39, 0.29) is 50.4 Å². The molecule has 35 heavy (non-hydrogen) atoms. The number of nitrogens with one attached hydrogen (secondary N) is 2. The minimum absolute atomic E-state index is 0.00655. The van der Waals surface area contributed by atoms with E-state index < -0.39 is 16.1 Å². The van der Waals surface area contributed by atoms with E-state index in [1.54, 1.807) is 12.1 Å². The standard InChI is InChI=1S/C23H21N7O4S/c1-13(2)27-22-26-10-15(9-24)20(29-22)19-12-30(35(33,34)17-6-4-14(3)5-7-17)21-18(19)8-16(11-25-21)28-23(31)32/h4-8,10-13,28H,1-3H3,(H,31,32)(H,26,27,29). The van der Waals surface area contributed by atoms with Gasteiger partial charge in [0.05, 0.1) is 34.2 Å². The van der Waals surface area contributed by atoms with Crippen LogP contribution in [0.15, 0.2) is 53.8 Å². The van der Waals surface area contributed by atoms with Crippen molar-refractivity contribution >= 4 is 38.8 Å². The zero-order valence-electron chi connectivity index (χ0n) is 19.0. The van der Waals surface area contributed by atoms with Gasteiger partial charge in [-0.3, -0.25) is 5.32 Å². The van der Waals surface area contributed by atoms with Crippen molar-refractivity contribution in [3.63, 3.8) is 0 Å². The Morgan fingerprint density at radius 3 is 2.51 bits per heavy atom. The summed E-state index contributed by atoms with van der Waals surface area (Å²) in [4.78, 5) is 24.1. The number of fused-ring (bicyclic) bond motifs is 1. The van der Waals surface area contributed by atoms with Gasteiger partial charge in [-0.25, -0.2) is 32.1 Å². The van der Waals surface area contributed by atoms with Crippen LogP contribution in [0.25, 0.3) is 22.3 Å². The van der Waals surface area contributed by atoms with E-state index in [0.29, 0.717) is 0 Å². The van der Waals surface area contributed by atoms with E-state index >= 15 is 0 Å². The molecule has 0 atom stereocenters. The molecule has 178 valence electrons. The van der Waals surface area contributed by atoms with Crippen LogP contribution in [0.4, 0.5) is 16.4 Å². The number of carboxylic acid groups (broad SMARTS) is 1. The SMILES string of the molecule is Cc1ccc(S(=O)(=O)n2cc(-c3nc(NC(C)C)ncc3C#N)c3cc(NC(=O)O)cnc32)cc1. The predicted octanol–water partition coefficient (Wildman–Crippen LogP) is 3.82. The van der Waals surface area contributed by atoms with Crippen LogP contribution in [0.1, 0.15) is 25.0 Å². The average Bonchev–Trinajstić information content (AvgIpc) is 3.18. The van der Waals surface area contributed by atoms with Gasteiger partial charge in [0.15, 0.2) is 5.65 Å². The topological polar surface area (TPSA) is 163 Å². The molecular weight excluding hydrogens is 470 g/mol. The van der Waals surface area contributed by atoms with E-state index in [2.05, 4.69) is 25.6 Å². The molecule has 0 aliphatic carbocycles. The third kappa shape index (κ3) is 4.62. The van der Waals surface area contributed by atoms with E-state index in [4.69, 9.17) is 5.11 Å². The maximum absolute atomic E-state index is 13.5. The summed E-state index contributed by atoms with van der Waals surface area (Å²) in [6.45, 7) is 5.64. The van der Waals surface area contributed by atoms with Gasteiger partial charge in [-0.15, -0.1) is 0 Å². The Balaban J connectivity index is 2.02. The Morgan fingerprint density at radius 2 is 1.89 bits per heavy atom. The van der Waals surface area contributed by atoms with Gasteiger partial charge in [0.1, 0.15) is 6.07 Å². The molecule has 1 aromatic carbocycles. The Morgan fingerprint density at radius 1 is 1.17 bits per heavy atom. The van der Waals surface area contributed by atoms with Crippen molar-refractivity contribution in [2.24, 2.45) is 0 Å². The first kappa shape index (κ1) is 23.7. The lowest BCUT2D eigenvalue weighted by atomic mass is 10.1. The first-order valence-corrected chi connectivity index (χ1v) is 11.9. The lowest BCUT2D eigenvalue weighted by molar-refractivity contribution is 0.209. The summed E-state index contributed by atoms with van der Waals surface area (Å²) in [6, 6.07) is 9.84. The number of rotatable bonds is 6. The number of aromatic nitrogens is 4. The molecule has 0 saturated carbocycles. The number of nitrogens with zero attached hydrogens (tertiary/aromatic N) is 5. The van der Waals surface area contributed by atoms with Crippen molar-refractivity contribution in [3.05, 3.63) is 60.0 Å². The molecule has 0 radical (unpaired) electrons. The number of anilines is 2. The van der Waals surface area contributed by atoms with Crippen molar-refractivity contribution in [3.8, 4) is 17.3 Å². The first-order valence-electron chi connectivity index (χ1n) is 10.5. The summed E-state index contributed by atoms with van der Waals surface area (Å²) in [6.07, 6.45) is 2.60. The Hall–Kier alpha value is -4.50. The highest BCUT2D eigenvalue weighted by Crippen LogP contribution is 2.34. The summed E-state index contributed by atoms with van der Waals surface area (Å²) in [5.41, 5.74) is 1.66. The molecule has 0 bridgehead atoms. The molecule has 3 N–H and O–H groups in total. The summed E-state index contributed by atoms with van der Waals surface area (Å²) in [7, 11) is -4.08. The smallest absolute Gasteiger partial charge is 0.409 e. The Bertz CT molecular complexity index is 1590. The zero-order valence-corrected chi connectivity index (χ0v) is 19.8. The molecule has 1 amide bonds. The van der Waals surface area contributed by atoms with Crippen LogP contribution in [-0.2, 0) is 10.0 Å². The molecule has 4 aromatic rings. The molecule has 0 spiro atoms. The molecule has 3 aromatic heterocycles. The van der Waals surface area contributed by atoms with Gasteiger partial charge in [-0.2, -0.15) is 5.26 Å². The van der Waals surface area contributed by atoms with E-state index in [0.717, 1.165) is 9.54 Å². The van der Waals surface area contributed by atoms with Crippen molar-refractivity contribution in [2.75, 3.05) is 10.6 Å². The number of hydrogen-bond acceptors (Lipinski definition) is 8. The monoisotopic (exact) mass is 491 g/mol. The first-order chi connectivity index (χ1) is 16.6. The molecule has 0 aliphatic heterocycles. The van der Waals surface area contributed by atoms with Crippen molar-refractivity contribution < 1.29 is 18.3 Å². The zero-order chi connectivity index (χ0) is 25.3. The quantitative estimate of drug-likeness (QED) is 0.364. The number of amides is 1. The summed E-state index contributed by atoms with van der Waals surface area (Å²) >= 11 is 0. The van der Waals surface area contributed by atoms with Crippen LogP contribution < -0.4 is 10.6 Å². The number of pyridine rings is 1. The van der Waals surface area contributed by atoms with Crippen molar-refractivity contribution in [1.29, 1.82) is 5.26 Å². The normalized spacial score (nSPS) is 11.4. The highest BCUT2D eigenvalue weighted by atomic mass is 32.2. The minimum atomic E-state index is -4.08. The number of aryl methyl sites for hydroxylation is 1. The molecule has 0 fully saturated rings. The number of nitriles is 1. The van der Waals surface area contributed by atoms with Gasteiger partial charge in [0.25, 0.3) is 10.0 Å². The molecule has 0 aliphatic rings. The summed E-state index contributed by atoms with van der Waals surface area (Å²) in [5, 5.41) is 24.4. The predicted molar refractivity (Wildman–Crippen MR) is 130 cm³/mol. The van der Waals surface area contributed by atoms with Gasteiger partial charge in [-0.1, -0.05) is 17.7 Å². The fourth-order valence-electron chi connectivity index (χ4n) is 3.46. The van der Waals surface area contributed by atoms with E-state index in [9.17, 15) is 18.5 Å². The number of carbonyl (C=O) groups is 1. The summed E-state index contributed by atoms with van der Waals surface area (Å²) in [5.74, 6) is 0.254. The van der Waals surface area contributed by atoms with Gasteiger partial charge >= 0.3 is 6.09 Å². The number of benzene rings is 1. The van der Waals surface area contributed by atoms with Gasteiger partial charge < -0.3 is 10.4 Å². The van der Waals surface area contributed by atoms with Crippen LogP contribution in [0, 0.1) is 18.3 Å². The van der Waals surface area contributed by atoms with Crippen LogP contribution in [0.5, 0.6) is 0 Å². The lowest BCUT2D eigenvalue weighted by Crippen LogP contribution is -2.13. The van der Waals surface area contributed by atoms with Gasteiger partial charge in [0.2, 0.25) is 5.95 Å². The molecule has 3 heterocycles. The fourth-order valence-corrected chi connectivity index (χ4v) is 4.79. The molecule has 0 unspecified atom stereocenters. The maximum Gasteiger partial charge on any atom is 0.409 e. The fraction of sp³-hybridized carbons (Fsp3) is 0.174. The van der Waals surface area contributed by atoms with Gasteiger partial charge in [0, 0.05) is 23.2 Å². The molecule has 12 heteroatoms. The largest absolute Gasteiger partial charge is 0.465 e. The summed E-state index contributed by atoms with van der Waals surface area (Å²) < 4.78 is 28.1. The third-order valence-electron chi connectivity index (χ3n) is 5.02. The van der Waals surface area contributed by atoms with E-state index in [1.165, 1.54) is 36.8 Å². The molecular formula is C23H21N7O4S. The van der Waals surface area contributed by atoms with Crippen LogP contribution in [0.2, 0.25) is 0 Å². The maximum atomic E-state index is 13.5. The third-order valence-corrected chi connectivity index (χ3v) is 6.69. The lowest BCUT2D eigenvalue weighted by Gasteiger charge is -2.10. The Kier molecular flexibility index (Phi) is 6.10.